The molecule has 8 heteroatoms. The molecular weight excluding hydrogens is 335 g/mol. The monoisotopic (exact) mass is 353 g/mol. The van der Waals surface area contributed by atoms with Crippen molar-refractivity contribution in [1.82, 2.24) is 5.01 Å². The number of hydrogen-bond donors (Lipinski definition) is 0. The summed E-state index contributed by atoms with van der Waals surface area (Å²) >= 11 is 0. The zero-order valence-electron chi connectivity index (χ0n) is 13.8. The first kappa shape index (κ1) is 18.6. The van der Waals surface area contributed by atoms with E-state index >= 15 is 0 Å². The van der Waals surface area contributed by atoms with Gasteiger partial charge in [0.15, 0.2) is 0 Å². The Morgan fingerprint density at radius 2 is 1.88 bits per heavy atom. The van der Waals surface area contributed by atoms with Crippen molar-refractivity contribution in [3.63, 3.8) is 0 Å². The average molecular weight is 353 g/mol. The van der Waals surface area contributed by atoms with Gasteiger partial charge in [0.25, 0.3) is 0 Å². The third-order valence-electron chi connectivity index (χ3n) is 3.21. The minimum absolute atomic E-state index is 0.00760. The van der Waals surface area contributed by atoms with Gasteiger partial charge in [0.2, 0.25) is 5.91 Å². The van der Waals surface area contributed by atoms with Crippen LogP contribution in [0.25, 0.3) is 0 Å². The molecule has 2 rings (SSSR count). The van der Waals surface area contributed by atoms with Gasteiger partial charge in [-0.2, -0.15) is 5.10 Å². The van der Waals surface area contributed by atoms with Gasteiger partial charge in [-0.25, -0.2) is 0 Å². The summed E-state index contributed by atoms with van der Waals surface area (Å²) in [6.45, 7) is 3.65. The highest BCUT2D eigenvalue weighted by molar-refractivity contribution is 5.95. The maximum absolute atomic E-state index is 12.6. The second-order valence-corrected chi connectivity index (χ2v) is 5.49. The Morgan fingerprint density at radius 3 is 2.48 bits per heavy atom. The summed E-state index contributed by atoms with van der Waals surface area (Å²) in [5, 5.41) is 5.58. The molecule has 1 amide bonds. The lowest BCUT2D eigenvalue weighted by Crippen LogP contribution is -2.41. The summed E-state index contributed by atoms with van der Waals surface area (Å²) in [5.41, 5.74) is 0.482. The van der Waals surface area contributed by atoms with Crippen molar-refractivity contribution >= 4 is 17.8 Å². The number of alkyl halides is 3. The fraction of sp³-hybridized carbons (Fsp3) is 0.294. The zero-order chi connectivity index (χ0) is 18.4. The van der Waals surface area contributed by atoms with Crippen LogP contribution in [0.15, 0.2) is 53.8 Å². The highest BCUT2D eigenvalue weighted by atomic mass is 19.4. The summed E-state index contributed by atoms with van der Waals surface area (Å²) in [6, 6.07) is 5.02. The Balaban J connectivity index is 2.13. The lowest BCUT2D eigenvalue weighted by Gasteiger charge is -2.28. The molecule has 0 aliphatic carbocycles. The molecule has 0 unspecified atom stereocenters. The van der Waals surface area contributed by atoms with Crippen molar-refractivity contribution in [1.29, 1.82) is 0 Å². The molecule has 1 aromatic rings. The van der Waals surface area contributed by atoms with Crippen LogP contribution >= 0.6 is 0 Å². The van der Waals surface area contributed by atoms with E-state index in [0.717, 1.165) is 0 Å². The second kappa shape index (κ2) is 7.87. The maximum Gasteiger partial charge on any atom is 0.573 e. The van der Waals surface area contributed by atoms with Crippen LogP contribution in [-0.2, 0) is 4.79 Å². The lowest BCUT2D eigenvalue weighted by molar-refractivity contribution is -0.274. The van der Waals surface area contributed by atoms with E-state index in [1.54, 1.807) is 30.6 Å². The molecule has 0 saturated heterocycles. The minimum atomic E-state index is -4.75. The standard InChI is InChI=1S/C17H18F3N3O2/c1-13(2)23(16(24)12-22-11-5-3-4-10-21-22)14-6-8-15(9-7-14)25-17(18,19)20/h3-11,13H,12H2,1-2H3. The van der Waals surface area contributed by atoms with Crippen molar-refractivity contribution in [3.05, 3.63) is 48.7 Å². The van der Waals surface area contributed by atoms with E-state index in [2.05, 4.69) is 9.84 Å². The van der Waals surface area contributed by atoms with Gasteiger partial charge in [0.1, 0.15) is 12.3 Å². The number of hydrogen-bond acceptors (Lipinski definition) is 4. The molecule has 5 nitrogen and oxygen atoms in total. The fourth-order valence-corrected chi connectivity index (χ4v) is 2.27. The zero-order valence-corrected chi connectivity index (χ0v) is 13.8. The Kier molecular flexibility index (Phi) is 5.84. The highest BCUT2D eigenvalue weighted by Gasteiger charge is 2.31. The molecule has 134 valence electrons. The Morgan fingerprint density at radius 1 is 1.20 bits per heavy atom. The quantitative estimate of drug-likeness (QED) is 0.811. The van der Waals surface area contributed by atoms with Gasteiger partial charge in [-0.1, -0.05) is 6.08 Å². The number of anilines is 1. The molecule has 1 aromatic carbocycles. The summed E-state index contributed by atoms with van der Waals surface area (Å²) < 4.78 is 40.5. The van der Waals surface area contributed by atoms with Crippen LogP contribution in [0.2, 0.25) is 0 Å². The summed E-state index contributed by atoms with van der Waals surface area (Å²) in [7, 11) is 0. The van der Waals surface area contributed by atoms with Crippen LogP contribution in [0.4, 0.5) is 18.9 Å². The smallest absolute Gasteiger partial charge is 0.406 e. The van der Waals surface area contributed by atoms with Gasteiger partial charge >= 0.3 is 6.36 Å². The molecule has 0 saturated carbocycles. The van der Waals surface area contributed by atoms with E-state index in [9.17, 15) is 18.0 Å². The molecule has 0 spiro atoms. The third-order valence-corrected chi connectivity index (χ3v) is 3.21. The van der Waals surface area contributed by atoms with Crippen LogP contribution < -0.4 is 9.64 Å². The van der Waals surface area contributed by atoms with E-state index in [-0.39, 0.29) is 24.2 Å². The van der Waals surface area contributed by atoms with E-state index in [0.29, 0.717) is 5.69 Å². The van der Waals surface area contributed by atoms with Crippen LogP contribution in [0.5, 0.6) is 5.75 Å². The maximum atomic E-state index is 12.6. The van der Waals surface area contributed by atoms with Gasteiger partial charge in [-0.05, 0) is 50.3 Å². The fourth-order valence-electron chi connectivity index (χ4n) is 2.27. The van der Waals surface area contributed by atoms with Gasteiger partial charge < -0.3 is 9.64 Å². The largest absolute Gasteiger partial charge is 0.573 e. The number of benzene rings is 1. The van der Waals surface area contributed by atoms with Crippen molar-refractivity contribution in [2.75, 3.05) is 11.4 Å². The van der Waals surface area contributed by atoms with Gasteiger partial charge in [0.05, 0.1) is 0 Å². The number of halogens is 3. The van der Waals surface area contributed by atoms with Crippen LogP contribution in [0, 0.1) is 0 Å². The molecule has 1 heterocycles. The molecule has 0 fully saturated rings. The number of ether oxygens (including phenoxy) is 1. The normalized spacial score (nSPS) is 13.9. The van der Waals surface area contributed by atoms with Gasteiger partial charge in [0, 0.05) is 24.1 Å². The van der Waals surface area contributed by atoms with Crippen molar-refractivity contribution in [3.8, 4) is 5.75 Å². The predicted octanol–water partition coefficient (Wildman–Crippen LogP) is 3.70. The Labute approximate surface area is 143 Å². The second-order valence-electron chi connectivity index (χ2n) is 5.49. The molecule has 1 aliphatic rings. The van der Waals surface area contributed by atoms with Gasteiger partial charge in [-0.15, -0.1) is 13.2 Å². The summed E-state index contributed by atoms with van der Waals surface area (Å²) in [5.74, 6) is -0.568. The first-order valence-electron chi connectivity index (χ1n) is 7.58. The molecule has 0 aromatic heterocycles. The van der Waals surface area contributed by atoms with Gasteiger partial charge in [-0.3, -0.25) is 9.80 Å². The molecule has 0 radical (unpaired) electrons. The Bertz CT molecular complexity index is 663. The molecular formula is C17H18F3N3O2. The van der Waals surface area contributed by atoms with Crippen LogP contribution in [-0.4, -0.2) is 36.1 Å². The summed E-state index contributed by atoms with van der Waals surface area (Å²) in [4.78, 5) is 14.1. The first-order chi connectivity index (χ1) is 11.8. The topological polar surface area (TPSA) is 45.1 Å². The highest BCUT2D eigenvalue weighted by Crippen LogP contribution is 2.26. The number of hydrazone groups is 1. The first-order valence-corrected chi connectivity index (χ1v) is 7.58. The van der Waals surface area contributed by atoms with Crippen LogP contribution in [0.1, 0.15) is 13.8 Å². The van der Waals surface area contributed by atoms with E-state index < -0.39 is 6.36 Å². The minimum Gasteiger partial charge on any atom is -0.406 e. The number of nitrogens with zero attached hydrogens (tertiary/aromatic N) is 3. The molecule has 0 atom stereocenters. The number of amides is 1. The van der Waals surface area contributed by atoms with Crippen molar-refractivity contribution in [2.45, 2.75) is 26.3 Å². The number of carbonyl (C=O) groups is 1. The lowest BCUT2D eigenvalue weighted by atomic mass is 10.2. The SMILES string of the molecule is CC(C)N(C(=O)CN1C=CC=CC=N1)c1ccc(OC(F)(F)F)cc1. The number of allylic oxidation sites excluding steroid dienone is 3. The molecule has 0 bridgehead atoms. The summed E-state index contributed by atoms with van der Waals surface area (Å²) in [6.07, 6.45) is 3.75. The molecule has 25 heavy (non-hydrogen) atoms. The average Bonchev–Trinajstić information content (AvgIpc) is 2.76. The molecule has 1 aliphatic heterocycles. The van der Waals surface area contributed by atoms with Crippen LogP contribution in [0.3, 0.4) is 0 Å². The number of rotatable bonds is 5. The van der Waals surface area contributed by atoms with Crippen molar-refractivity contribution < 1.29 is 22.7 Å². The molecule has 0 N–H and O–H groups in total. The third kappa shape index (κ3) is 5.66. The van der Waals surface area contributed by atoms with E-state index in [1.165, 1.54) is 34.2 Å². The Hall–Kier alpha value is -2.77. The van der Waals surface area contributed by atoms with E-state index in [4.69, 9.17) is 0 Å². The van der Waals surface area contributed by atoms with E-state index in [1.807, 2.05) is 13.8 Å². The number of carbonyl (C=O) groups excluding carboxylic acids is 1. The van der Waals surface area contributed by atoms with Crippen molar-refractivity contribution in [2.24, 2.45) is 5.10 Å². The predicted molar refractivity (Wildman–Crippen MR) is 89.2 cm³/mol.